The van der Waals surface area contributed by atoms with Crippen molar-refractivity contribution >= 4 is 56.7 Å². The largest absolute Gasteiger partial charge is 0.440 e. The van der Waals surface area contributed by atoms with Crippen LogP contribution in [-0.4, -0.2) is 54.8 Å². The van der Waals surface area contributed by atoms with E-state index < -0.39 is 6.04 Å². The molecule has 5 rings (SSSR count). The van der Waals surface area contributed by atoms with Gasteiger partial charge in [0.05, 0.1) is 39.5 Å². The van der Waals surface area contributed by atoms with Gasteiger partial charge < -0.3 is 19.0 Å². The highest BCUT2D eigenvalue weighted by molar-refractivity contribution is 9.10. The zero-order valence-electron chi connectivity index (χ0n) is 21.4. The number of amides is 1. The van der Waals surface area contributed by atoms with E-state index in [1.807, 2.05) is 39.0 Å². The van der Waals surface area contributed by atoms with Gasteiger partial charge in [0.15, 0.2) is 4.80 Å². The number of nitrogens with zero attached hydrogens (tertiary/aromatic N) is 4. The molecule has 1 fully saturated rings. The van der Waals surface area contributed by atoms with Crippen molar-refractivity contribution in [2.45, 2.75) is 26.8 Å². The van der Waals surface area contributed by atoms with Crippen molar-refractivity contribution in [3.8, 4) is 0 Å². The van der Waals surface area contributed by atoms with Crippen molar-refractivity contribution in [3.05, 3.63) is 82.1 Å². The Balaban J connectivity index is 1.63. The normalized spacial score (nSPS) is 18.0. The predicted octanol–water partition coefficient (Wildman–Crippen LogP) is 3.95. The molecule has 38 heavy (non-hydrogen) atoms. The third-order valence-corrected chi connectivity index (χ3v) is 8.55. The average Bonchev–Trinajstić information content (AvgIpc) is 3.43. The lowest BCUT2D eigenvalue weighted by Gasteiger charge is -2.29. The molecule has 1 saturated heterocycles. The number of benzene rings is 1. The van der Waals surface area contributed by atoms with Crippen LogP contribution in [0.15, 0.2) is 60.3 Å². The number of anilines is 1. The van der Waals surface area contributed by atoms with E-state index in [1.54, 1.807) is 27.7 Å². The van der Waals surface area contributed by atoms with Crippen LogP contribution < -0.4 is 19.8 Å². The van der Waals surface area contributed by atoms with Gasteiger partial charge in [0, 0.05) is 43.3 Å². The molecule has 0 saturated carbocycles. The molecule has 11 heteroatoms. The van der Waals surface area contributed by atoms with Crippen LogP contribution in [0.25, 0.3) is 6.08 Å². The highest BCUT2D eigenvalue weighted by Crippen LogP contribution is 2.33. The second kappa shape index (κ2) is 11.2. The molecule has 3 aromatic rings. The summed E-state index contributed by atoms with van der Waals surface area (Å²) in [7, 11) is 0. The summed E-state index contributed by atoms with van der Waals surface area (Å²) in [6.07, 6.45) is 1.74. The van der Waals surface area contributed by atoms with E-state index in [2.05, 4.69) is 20.8 Å². The van der Waals surface area contributed by atoms with E-state index >= 15 is 0 Å². The molecule has 2 aliphatic heterocycles. The summed E-state index contributed by atoms with van der Waals surface area (Å²) in [6, 6.07) is 8.50. The number of halogens is 2. The second-order valence-corrected chi connectivity index (χ2v) is 11.3. The van der Waals surface area contributed by atoms with Gasteiger partial charge in [-0.15, -0.1) is 0 Å². The van der Waals surface area contributed by atoms with Crippen LogP contribution in [0.1, 0.15) is 38.1 Å². The highest BCUT2D eigenvalue weighted by Gasteiger charge is 2.34. The standard InChI is InChI=1S/C27H28BrClN4O4S/c1-4-31(5-2)25(35)22-16(3)30-27-33(23(22)17-6-8-18(29)9-7-17)24(34)21(38-27)15-19-14-20(28)26(37-19)32-10-12-36-13-11-32/h6-9,14-15,23H,4-5,10-13H2,1-3H3/b21-15+/t23-/m1/s1. The molecule has 1 aromatic carbocycles. The Bertz CT molecular complexity index is 1560. The number of carbonyl (C=O) groups is 1. The Hall–Kier alpha value is -2.66. The lowest BCUT2D eigenvalue weighted by atomic mass is 9.94. The molecule has 8 nitrogen and oxygen atoms in total. The number of rotatable bonds is 6. The van der Waals surface area contributed by atoms with Crippen molar-refractivity contribution in [1.82, 2.24) is 9.47 Å². The van der Waals surface area contributed by atoms with E-state index in [0.717, 1.165) is 23.1 Å². The van der Waals surface area contributed by atoms with Crippen LogP contribution in [0.2, 0.25) is 5.02 Å². The Morgan fingerprint density at radius 2 is 1.92 bits per heavy atom. The van der Waals surface area contributed by atoms with Gasteiger partial charge in [-0.3, -0.25) is 14.2 Å². The summed E-state index contributed by atoms with van der Waals surface area (Å²) in [5.41, 5.74) is 1.66. The lowest BCUT2D eigenvalue weighted by Crippen LogP contribution is -2.43. The number of allylic oxidation sites excluding steroid dienone is 1. The fraction of sp³-hybridized carbons (Fsp3) is 0.370. The minimum absolute atomic E-state index is 0.129. The Kier molecular flexibility index (Phi) is 7.95. The Morgan fingerprint density at radius 1 is 1.24 bits per heavy atom. The molecule has 0 bridgehead atoms. The fourth-order valence-electron chi connectivity index (χ4n) is 4.80. The maximum absolute atomic E-state index is 13.9. The average molecular weight is 620 g/mol. The van der Waals surface area contributed by atoms with Crippen molar-refractivity contribution in [2.24, 2.45) is 4.99 Å². The first-order chi connectivity index (χ1) is 18.3. The van der Waals surface area contributed by atoms with Crippen LogP contribution in [0.4, 0.5) is 5.88 Å². The van der Waals surface area contributed by atoms with E-state index in [0.29, 0.717) is 63.6 Å². The molecule has 0 spiro atoms. The Morgan fingerprint density at radius 3 is 2.58 bits per heavy atom. The smallest absolute Gasteiger partial charge is 0.271 e. The first kappa shape index (κ1) is 26.9. The summed E-state index contributed by atoms with van der Waals surface area (Å²) in [4.78, 5) is 36.6. The molecule has 4 heterocycles. The summed E-state index contributed by atoms with van der Waals surface area (Å²) in [5, 5.41) is 0.581. The first-order valence-corrected chi connectivity index (χ1v) is 14.5. The molecule has 0 unspecified atom stereocenters. The van der Waals surface area contributed by atoms with Crippen molar-refractivity contribution < 1.29 is 13.9 Å². The third kappa shape index (κ3) is 5.02. The molecule has 0 N–H and O–H groups in total. The molecule has 0 aliphatic carbocycles. The molecule has 2 aromatic heterocycles. The zero-order valence-corrected chi connectivity index (χ0v) is 24.5. The maximum atomic E-state index is 13.9. The number of ether oxygens (including phenoxy) is 1. The summed E-state index contributed by atoms with van der Waals surface area (Å²) < 4.78 is 14.5. The number of likely N-dealkylation sites (N-methyl/N-ethyl adjacent to an activating group) is 1. The van der Waals surface area contributed by atoms with Crippen molar-refractivity contribution in [2.75, 3.05) is 44.3 Å². The quantitative estimate of drug-likeness (QED) is 0.418. The predicted molar refractivity (Wildman–Crippen MR) is 153 cm³/mol. The van der Waals surface area contributed by atoms with E-state index in [9.17, 15) is 9.59 Å². The van der Waals surface area contributed by atoms with Gasteiger partial charge in [0.1, 0.15) is 5.76 Å². The number of hydrogen-bond acceptors (Lipinski definition) is 7. The number of thiazole rings is 1. The third-order valence-electron chi connectivity index (χ3n) is 6.75. The van der Waals surface area contributed by atoms with Crippen LogP contribution in [0, 0.1) is 0 Å². The highest BCUT2D eigenvalue weighted by atomic mass is 79.9. The van der Waals surface area contributed by atoms with Crippen LogP contribution in [0.3, 0.4) is 0 Å². The van der Waals surface area contributed by atoms with E-state index in [1.165, 1.54) is 11.3 Å². The van der Waals surface area contributed by atoms with Gasteiger partial charge in [0.25, 0.3) is 11.5 Å². The molecular formula is C27H28BrClN4O4S. The molecule has 1 atom stereocenters. The number of fused-ring (bicyclic) bond motifs is 1. The van der Waals surface area contributed by atoms with E-state index in [-0.39, 0.29) is 11.5 Å². The topological polar surface area (TPSA) is 80.3 Å². The van der Waals surface area contributed by atoms with Gasteiger partial charge in [-0.25, -0.2) is 4.99 Å². The molecule has 0 radical (unpaired) electrons. The molecule has 200 valence electrons. The Labute approximate surface area is 237 Å². The van der Waals surface area contributed by atoms with E-state index in [4.69, 9.17) is 25.7 Å². The first-order valence-electron chi connectivity index (χ1n) is 12.5. The fourth-order valence-corrected chi connectivity index (χ4v) is 6.51. The summed E-state index contributed by atoms with van der Waals surface area (Å²) in [5.74, 6) is 1.15. The number of aromatic nitrogens is 1. The van der Waals surface area contributed by atoms with Gasteiger partial charge in [-0.1, -0.05) is 35.1 Å². The molecule has 2 aliphatic rings. The van der Waals surface area contributed by atoms with Gasteiger partial charge in [-0.05, 0) is 54.4 Å². The van der Waals surface area contributed by atoms with Gasteiger partial charge >= 0.3 is 0 Å². The number of hydrogen-bond donors (Lipinski definition) is 0. The maximum Gasteiger partial charge on any atom is 0.271 e. The van der Waals surface area contributed by atoms with Crippen molar-refractivity contribution in [3.63, 3.8) is 0 Å². The minimum Gasteiger partial charge on any atom is -0.440 e. The van der Waals surface area contributed by atoms with Crippen LogP contribution in [0.5, 0.6) is 0 Å². The van der Waals surface area contributed by atoms with Crippen LogP contribution >= 0.6 is 38.9 Å². The van der Waals surface area contributed by atoms with Crippen molar-refractivity contribution in [1.29, 1.82) is 0 Å². The summed E-state index contributed by atoms with van der Waals surface area (Å²) >= 11 is 11.0. The van der Waals surface area contributed by atoms with Gasteiger partial charge in [0.2, 0.25) is 5.88 Å². The zero-order chi connectivity index (χ0) is 27.0. The summed E-state index contributed by atoms with van der Waals surface area (Å²) in [6.45, 7) is 9.57. The second-order valence-electron chi connectivity index (χ2n) is 9.01. The van der Waals surface area contributed by atoms with Crippen LogP contribution in [-0.2, 0) is 9.53 Å². The molecule has 1 amide bonds. The molecular weight excluding hydrogens is 592 g/mol. The number of morpholine rings is 1. The minimum atomic E-state index is -0.619. The number of furan rings is 1. The number of carbonyl (C=O) groups excluding carboxylic acids is 1. The monoisotopic (exact) mass is 618 g/mol. The van der Waals surface area contributed by atoms with Gasteiger partial charge in [-0.2, -0.15) is 0 Å². The lowest BCUT2D eigenvalue weighted by molar-refractivity contribution is -0.127. The SMILES string of the molecule is CCN(CC)C(=O)C1=C(C)N=c2s/c(=C/c3cc(Br)c(N4CCOCC4)o3)c(=O)n2[C@@H]1c1ccc(Cl)cc1.